The standard InChI is InChI=1S/C22H33F2N9O2/c23-17-7-6-16(14-18(17)24)30-21(34)31-19-8-13-33(22(35)32-19)12-2-5-15(28-11-3-9-25)4-1-10-29-20(26)27/h6-8,13-15,28H,1-5,9-12,25H2,(H4,26,27,29)(H2,30,31,32,34,35)/t15-/m0/s1. The van der Waals surface area contributed by atoms with E-state index in [0.717, 1.165) is 50.8 Å². The highest BCUT2D eigenvalue weighted by atomic mass is 19.2. The molecule has 1 aromatic heterocycles. The van der Waals surface area contributed by atoms with Gasteiger partial charge in [-0.25, -0.2) is 18.4 Å². The maximum Gasteiger partial charge on any atom is 0.349 e. The van der Waals surface area contributed by atoms with Crippen molar-refractivity contribution in [2.24, 2.45) is 22.2 Å². The van der Waals surface area contributed by atoms with Crippen LogP contribution in [0.5, 0.6) is 0 Å². The molecule has 13 heteroatoms. The number of nitrogens with two attached hydrogens (primary N) is 3. The van der Waals surface area contributed by atoms with Crippen LogP contribution in [0.2, 0.25) is 0 Å². The van der Waals surface area contributed by atoms with E-state index in [1.165, 1.54) is 22.9 Å². The Kier molecular flexibility index (Phi) is 11.6. The number of amides is 2. The summed E-state index contributed by atoms with van der Waals surface area (Å²) < 4.78 is 27.7. The minimum atomic E-state index is -1.09. The zero-order chi connectivity index (χ0) is 25.6. The molecule has 0 aliphatic heterocycles. The number of urea groups is 1. The molecule has 35 heavy (non-hydrogen) atoms. The van der Waals surface area contributed by atoms with Crippen molar-refractivity contribution >= 4 is 23.5 Å². The second-order valence-electron chi connectivity index (χ2n) is 7.88. The fourth-order valence-corrected chi connectivity index (χ4v) is 3.33. The Hall–Kier alpha value is -3.58. The number of aliphatic imine (C=N–C) groups is 1. The number of rotatable bonds is 14. The summed E-state index contributed by atoms with van der Waals surface area (Å²) in [5.74, 6) is -2.00. The second kappa shape index (κ2) is 14.6. The van der Waals surface area contributed by atoms with E-state index in [2.05, 4.69) is 25.9 Å². The van der Waals surface area contributed by atoms with Crippen LogP contribution in [0, 0.1) is 11.6 Å². The van der Waals surface area contributed by atoms with Gasteiger partial charge in [0.25, 0.3) is 0 Å². The molecule has 0 fully saturated rings. The quantitative estimate of drug-likeness (QED) is 0.130. The first-order valence-electron chi connectivity index (χ1n) is 11.4. The monoisotopic (exact) mass is 493 g/mol. The minimum absolute atomic E-state index is 0.0346. The van der Waals surface area contributed by atoms with Gasteiger partial charge in [0.1, 0.15) is 5.82 Å². The van der Waals surface area contributed by atoms with Gasteiger partial charge in [0.05, 0.1) is 0 Å². The molecule has 0 saturated heterocycles. The van der Waals surface area contributed by atoms with Gasteiger partial charge in [0.2, 0.25) is 0 Å². The molecule has 1 atom stereocenters. The Morgan fingerprint density at radius 3 is 2.54 bits per heavy atom. The van der Waals surface area contributed by atoms with E-state index in [4.69, 9.17) is 17.2 Å². The molecule has 0 bridgehead atoms. The van der Waals surface area contributed by atoms with Crippen LogP contribution >= 0.6 is 0 Å². The summed E-state index contributed by atoms with van der Waals surface area (Å²) in [7, 11) is 0. The molecule has 2 aromatic rings. The Morgan fingerprint density at radius 2 is 1.86 bits per heavy atom. The van der Waals surface area contributed by atoms with Crippen molar-refractivity contribution in [3.63, 3.8) is 0 Å². The normalized spacial score (nSPS) is 11.6. The molecule has 0 aliphatic rings. The van der Waals surface area contributed by atoms with Gasteiger partial charge in [0.15, 0.2) is 17.6 Å². The lowest BCUT2D eigenvalue weighted by atomic mass is 10.1. The van der Waals surface area contributed by atoms with Gasteiger partial charge >= 0.3 is 11.7 Å². The molecule has 192 valence electrons. The molecule has 1 aromatic carbocycles. The molecule has 0 spiro atoms. The van der Waals surface area contributed by atoms with Crippen LogP contribution in [-0.4, -0.2) is 47.2 Å². The highest BCUT2D eigenvalue weighted by molar-refractivity contribution is 5.99. The number of anilines is 2. The fraction of sp³-hybridized carbons (Fsp3) is 0.455. The topological polar surface area (TPSA) is 178 Å². The van der Waals surface area contributed by atoms with E-state index >= 15 is 0 Å². The summed E-state index contributed by atoms with van der Waals surface area (Å²) in [6.45, 7) is 2.42. The third-order valence-corrected chi connectivity index (χ3v) is 5.06. The van der Waals surface area contributed by atoms with Crippen LogP contribution in [-0.2, 0) is 6.54 Å². The molecule has 2 amide bonds. The van der Waals surface area contributed by atoms with Crippen molar-refractivity contribution in [2.45, 2.75) is 44.7 Å². The van der Waals surface area contributed by atoms with E-state index in [1.807, 2.05) is 0 Å². The SMILES string of the molecule is NCCCN[C@@H](CCCN=C(N)N)CCCn1ccc(NC(=O)Nc2ccc(F)c(F)c2)nc1=O. The van der Waals surface area contributed by atoms with Crippen molar-refractivity contribution < 1.29 is 13.6 Å². The van der Waals surface area contributed by atoms with E-state index in [0.29, 0.717) is 19.6 Å². The molecule has 2 rings (SSSR count). The van der Waals surface area contributed by atoms with Crippen molar-refractivity contribution in [2.75, 3.05) is 30.3 Å². The summed E-state index contributed by atoms with van der Waals surface area (Å²) in [5.41, 5.74) is 15.8. The Bertz CT molecular complexity index is 1040. The van der Waals surface area contributed by atoms with E-state index in [1.54, 1.807) is 0 Å². The first kappa shape index (κ1) is 27.7. The van der Waals surface area contributed by atoms with Crippen molar-refractivity contribution in [1.82, 2.24) is 14.9 Å². The predicted octanol–water partition coefficient (Wildman–Crippen LogP) is 1.31. The van der Waals surface area contributed by atoms with Crippen LogP contribution in [0.25, 0.3) is 0 Å². The van der Waals surface area contributed by atoms with Crippen LogP contribution in [0.4, 0.5) is 25.1 Å². The van der Waals surface area contributed by atoms with Crippen LogP contribution in [0.15, 0.2) is 40.2 Å². The van der Waals surface area contributed by atoms with Crippen molar-refractivity contribution in [3.8, 4) is 0 Å². The maximum atomic E-state index is 13.3. The number of nitrogens with one attached hydrogen (secondary N) is 3. The third kappa shape index (κ3) is 10.5. The summed E-state index contributed by atoms with van der Waals surface area (Å²) in [4.78, 5) is 32.2. The summed E-state index contributed by atoms with van der Waals surface area (Å²) in [5, 5.41) is 8.21. The van der Waals surface area contributed by atoms with Gasteiger partial charge in [-0.15, -0.1) is 0 Å². The number of carbonyl (C=O) groups excluding carboxylic acids is 1. The Labute approximate surface area is 202 Å². The molecule has 11 nitrogen and oxygen atoms in total. The number of carbonyl (C=O) groups is 1. The van der Waals surface area contributed by atoms with Gasteiger partial charge in [-0.1, -0.05) is 0 Å². The zero-order valence-corrected chi connectivity index (χ0v) is 19.5. The lowest BCUT2D eigenvalue weighted by Gasteiger charge is -2.18. The Balaban J connectivity index is 1.85. The van der Waals surface area contributed by atoms with Crippen molar-refractivity contribution in [3.05, 3.63) is 52.6 Å². The molecule has 9 N–H and O–H groups in total. The number of hydrogen-bond acceptors (Lipinski definition) is 6. The van der Waals surface area contributed by atoms with E-state index in [-0.39, 0.29) is 23.5 Å². The highest BCUT2D eigenvalue weighted by Gasteiger charge is 2.10. The van der Waals surface area contributed by atoms with Gasteiger partial charge in [0, 0.05) is 37.1 Å². The van der Waals surface area contributed by atoms with Gasteiger partial charge in [-0.05, 0) is 63.4 Å². The first-order chi connectivity index (χ1) is 16.8. The lowest BCUT2D eigenvalue weighted by Crippen LogP contribution is -2.32. The predicted molar refractivity (Wildman–Crippen MR) is 132 cm³/mol. The number of halogens is 2. The number of aromatic nitrogens is 2. The number of guanidine groups is 1. The number of hydrogen-bond donors (Lipinski definition) is 6. The first-order valence-corrected chi connectivity index (χ1v) is 11.4. The summed E-state index contributed by atoms with van der Waals surface area (Å²) in [6, 6.07) is 3.93. The zero-order valence-electron chi connectivity index (χ0n) is 19.5. The molecule has 0 unspecified atom stereocenters. The molecule has 1 heterocycles. The highest BCUT2D eigenvalue weighted by Crippen LogP contribution is 2.13. The van der Waals surface area contributed by atoms with Crippen molar-refractivity contribution in [1.29, 1.82) is 0 Å². The summed E-state index contributed by atoms with van der Waals surface area (Å²) in [6.07, 6.45) is 5.67. The van der Waals surface area contributed by atoms with E-state index in [9.17, 15) is 18.4 Å². The van der Waals surface area contributed by atoms with E-state index < -0.39 is 23.4 Å². The average molecular weight is 494 g/mol. The molecular formula is C22H33F2N9O2. The van der Waals surface area contributed by atoms with Crippen LogP contribution in [0.1, 0.15) is 32.1 Å². The minimum Gasteiger partial charge on any atom is -0.370 e. The molecule has 0 aliphatic carbocycles. The fourth-order valence-electron chi connectivity index (χ4n) is 3.33. The van der Waals surface area contributed by atoms with Crippen LogP contribution in [0.3, 0.4) is 0 Å². The van der Waals surface area contributed by atoms with Gasteiger partial charge < -0.3 is 27.8 Å². The average Bonchev–Trinajstić information content (AvgIpc) is 2.80. The summed E-state index contributed by atoms with van der Waals surface area (Å²) >= 11 is 0. The van der Waals surface area contributed by atoms with Gasteiger partial charge in [-0.2, -0.15) is 4.98 Å². The number of nitrogens with zero attached hydrogens (tertiary/aromatic N) is 3. The third-order valence-electron chi connectivity index (χ3n) is 5.06. The molecular weight excluding hydrogens is 460 g/mol. The van der Waals surface area contributed by atoms with Gasteiger partial charge in [-0.3, -0.25) is 14.9 Å². The number of aryl methyl sites for hydroxylation is 1. The molecule has 0 radical (unpaired) electrons. The molecule has 0 saturated carbocycles. The Morgan fingerprint density at radius 1 is 1.09 bits per heavy atom. The van der Waals surface area contributed by atoms with Crippen LogP contribution < -0.4 is 38.8 Å². The maximum absolute atomic E-state index is 13.3. The smallest absolute Gasteiger partial charge is 0.349 e. The lowest BCUT2D eigenvalue weighted by molar-refractivity contribution is 0.262. The largest absolute Gasteiger partial charge is 0.370 e. The second-order valence-corrected chi connectivity index (χ2v) is 7.88. The number of benzene rings is 1.